The summed E-state index contributed by atoms with van der Waals surface area (Å²) in [5.41, 5.74) is 7.48. The number of aryl methyl sites for hydroxylation is 1. The number of aromatic nitrogens is 1. The van der Waals surface area contributed by atoms with E-state index in [-0.39, 0.29) is 0 Å². The summed E-state index contributed by atoms with van der Waals surface area (Å²) >= 11 is 3.38. The van der Waals surface area contributed by atoms with E-state index < -0.39 is 0 Å². The first-order valence-corrected chi connectivity index (χ1v) is 5.09. The molecule has 1 aromatic heterocycles. The van der Waals surface area contributed by atoms with Crippen LogP contribution in [0.5, 0.6) is 0 Å². The van der Waals surface area contributed by atoms with Gasteiger partial charge in [0, 0.05) is 17.2 Å². The molecular formula is C9H14BrN3. The van der Waals surface area contributed by atoms with E-state index >= 15 is 0 Å². The molecule has 3 nitrogen and oxygen atoms in total. The Morgan fingerprint density at radius 3 is 3.08 bits per heavy atom. The van der Waals surface area contributed by atoms with Crippen LogP contribution in [-0.2, 0) is 0 Å². The molecule has 0 aliphatic rings. The van der Waals surface area contributed by atoms with Gasteiger partial charge in [-0.3, -0.25) is 4.98 Å². The number of halogens is 1. The van der Waals surface area contributed by atoms with E-state index in [0.29, 0.717) is 6.54 Å². The van der Waals surface area contributed by atoms with Crippen molar-refractivity contribution in [1.82, 2.24) is 4.98 Å². The van der Waals surface area contributed by atoms with Gasteiger partial charge >= 0.3 is 0 Å². The maximum atomic E-state index is 5.40. The third kappa shape index (κ3) is 3.32. The lowest BCUT2D eigenvalue weighted by molar-refractivity contribution is 0.872. The van der Waals surface area contributed by atoms with Gasteiger partial charge in [-0.25, -0.2) is 0 Å². The molecule has 0 fully saturated rings. The fourth-order valence-corrected chi connectivity index (χ4v) is 1.34. The summed E-state index contributed by atoms with van der Waals surface area (Å²) < 4.78 is 0.994. The number of nitrogens with two attached hydrogens (primary N) is 1. The van der Waals surface area contributed by atoms with Crippen LogP contribution in [0.4, 0.5) is 5.69 Å². The Balaban J connectivity index is 2.59. The van der Waals surface area contributed by atoms with Gasteiger partial charge in [-0.2, -0.15) is 0 Å². The highest BCUT2D eigenvalue weighted by Crippen LogP contribution is 2.17. The second-order valence-electron chi connectivity index (χ2n) is 2.86. The van der Waals surface area contributed by atoms with E-state index in [4.69, 9.17) is 5.73 Å². The topological polar surface area (TPSA) is 50.9 Å². The molecule has 0 atom stereocenters. The minimum atomic E-state index is 0.716. The number of rotatable bonds is 4. The third-order valence-corrected chi connectivity index (χ3v) is 2.18. The van der Waals surface area contributed by atoms with Gasteiger partial charge in [0.25, 0.3) is 0 Å². The zero-order valence-electron chi connectivity index (χ0n) is 7.68. The molecule has 0 radical (unpaired) electrons. The summed E-state index contributed by atoms with van der Waals surface area (Å²) in [5, 5.41) is 3.28. The first kappa shape index (κ1) is 10.5. The first-order chi connectivity index (χ1) is 6.24. The SMILES string of the molecule is Cc1ncc(Br)cc1NCCCN. The van der Waals surface area contributed by atoms with Crippen LogP contribution < -0.4 is 11.1 Å². The Labute approximate surface area is 86.9 Å². The molecule has 0 bridgehead atoms. The van der Waals surface area contributed by atoms with Crippen molar-refractivity contribution in [2.75, 3.05) is 18.4 Å². The summed E-state index contributed by atoms with van der Waals surface area (Å²) in [4.78, 5) is 4.22. The van der Waals surface area contributed by atoms with Crippen LogP contribution in [0.25, 0.3) is 0 Å². The monoisotopic (exact) mass is 243 g/mol. The van der Waals surface area contributed by atoms with E-state index in [1.165, 1.54) is 0 Å². The van der Waals surface area contributed by atoms with E-state index in [0.717, 1.165) is 28.8 Å². The average molecular weight is 244 g/mol. The molecule has 1 rings (SSSR count). The molecule has 0 aromatic carbocycles. The Bertz CT molecular complexity index is 276. The zero-order valence-corrected chi connectivity index (χ0v) is 9.26. The Morgan fingerprint density at radius 1 is 1.62 bits per heavy atom. The number of hydrogen-bond donors (Lipinski definition) is 2. The van der Waals surface area contributed by atoms with Gasteiger partial charge in [-0.1, -0.05) is 0 Å². The quantitative estimate of drug-likeness (QED) is 0.795. The minimum Gasteiger partial charge on any atom is -0.384 e. The largest absolute Gasteiger partial charge is 0.384 e. The van der Waals surface area contributed by atoms with Crippen molar-refractivity contribution in [2.24, 2.45) is 5.73 Å². The minimum absolute atomic E-state index is 0.716. The summed E-state index contributed by atoms with van der Waals surface area (Å²) in [6, 6.07) is 2.03. The van der Waals surface area contributed by atoms with Crippen molar-refractivity contribution in [3.05, 3.63) is 22.4 Å². The lowest BCUT2D eigenvalue weighted by Gasteiger charge is -2.07. The van der Waals surface area contributed by atoms with E-state index in [9.17, 15) is 0 Å². The van der Waals surface area contributed by atoms with Crippen LogP contribution in [0.1, 0.15) is 12.1 Å². The number of nitrogens with zero attached hydrogens (tertiary/aromatic N) is 1. The fourth-order valence-electron chi connectivity index (χ4n) is 1.01. The molecule has 0 saturated carbocycles. The van der Waals surface area contributed by atoms with Gasteiger partial charge in [0.2, 0.25) is 0 Å². The molecule has 3 N–H and O–H groups in total. The Kier molecular flexibility index (Phi) is 4.18. The maximum Gasteiger partial charge on any atom is 0.0604 e. The molecule has 4 heteroatoms. The van der Waals surface area contributed by atoms with Crippen molar-refractivity contribution < 1.29 is 0 Å². The molecule has 0 unspecified atom stereocenters. The predicted molar refractivity (Wildman–Crippen MR) is 58.8 cm³/mol. The maximum absolute atomic E-state index is 5.40. The van der Waals surface area contributed by atoms with Crippen LogP contribution in [0.2, 0.25) is 0 Å². The summed E-state index contributed by atoms with van der Waals surface area (Å²) in [7, 11) is 0. The number of nitrogens with one attached hydrogen (secondary N) is 1. The first-order valence-electron chi connectivity index (χ1n) is 4.30. The highest BCUT2D eigenvalue weighted by atomic mass is 79.9. The highest BCUT2D eigenvalue weighted by molar-refractivity contribution is 9.10. The normalized spacial score (nSPS) is 10.1. The van der Waals surface area contributed by atoms with Gasteiger partial charge in [-0.05, 0) is 41.9 Å². The number of anilines is 1. The molecule has 0 amide bonds. The average Bonchev–Trinajstić information content (AvgIpc) is 2.11. The summed E-state index contributed by atoms with van der Waals surface area (Å²) in [5.74, 6) is 0. The van der Waals surface area contributed by atoms with Crippen LogP contribution in [0.3, 0.4) is 0 Å². The van der Waals surface area contributed by atoms with Gasteiger partial charge in [0.05, 0.1) is 11.4 Å². The van der Waals surface area contributed by atoms with Crippen molar-refractivity contribution in [1.29, 1.82) is 0 Å². The molecule has 1 aromatic rings. The van der Waals surface area contributed by atoms with Gasteiger partial charge in [0.15, 0.2) is 0 Å². The van der Waals surface area contributed by atoms with Crippen molar-refractivity contribution in [3.8, 4) is 0 Å². The van der Waals surface area contributed by atoms with Crippen LogP contribution in [0.15, 0.2) is 16.7 Å². The van der Waals surface area contributed by atoms with Crippen LogP contribution in [0, 0.1) is 6.92 Å². The molecule has 0 spiro atoms. The van der Waals surface area contributed by atoms with Crippen LogP contribution >= 0.6 is 15.9 Å². The molecule has 0 saturated heterocycles. The summed E-state index contributed by atoms with van der Waals surface area (Å²) in [6.45, 7) is 3.60. The predicted octanol–water partition coefficient (Wildman–Crippen LogP) is 1.91. The molecule has 0 aliphatic heterocycles. The Morgan fingerprint density at radius 2 is 2.38 bits per heavy atom. The standard InChI is InChI=1S/C9H14BrN3/c1-7-9(12-4-2-3-11)5-8(10)6-13-7/h5-6,12H,2-4,11H2,1H3. The second-order valence-corrected chi connectivity index (χ2v) is 3.77. The van der Waals surface area contributed by atoms with Gasteiger partial charge < -0.3 is 11.1 Å². The van der Waals surface area contributed by atoms with Gasteiger partial charge in [-0.15, -0.1) is 0 Å². The third-order valence-electron chi connectivity index (χ3n) is 1.75. The van der Waals surface area contributed by atoms with Crippen LogP contribution in [-0.4, -0.2) is 18.1 Å². The summed E-state index contributed by atoms with van der Waals surface area (Å²) in [6.07, 6.45) is 2.77. The lowest BCUT2D eigenvalue weighted by Crippen LogP contribution is -2.09. The molecule has 0 aliphatic carbocycles. The fraction of sp³-hybridized carbons (Fsp3) is 0.444. The van der Waals surface area contributed by atoms with Crippen molar-refractivity contribution in [3.63, 3.8) is 0 Å². The number of hydrogen-bond acceptors (Lipinski definition) is 3. The van der Waals surface area contributed by atoms with E-state index in [1.54, 1.807) is 6.20 Å². The molecule has 13 heavy (non-hydrogen) atoms. The van der Waals surface area contributed by atoms with E-state index in [2.05, 4.69) is 26.2 Å². The Hall–Kier alpha value is -0.610. The molecular weight excluding hydrogens is 230 g/mol. The molecule has 1 heterocycles. The second kappa shape index (κ2) is 5.19. The molecule has 72 valence electrons. The van der Waals surface area contributed by atoms with E-state index in [1.807, 2.05) is 13.0 Å². The van der Waals surface area contributed by atoms with Gasteiger partial charge in [0.1, 0.15) is 0 Å². The zero-order chi connectivity index (χ0) is 9.68. The smallest absolute Gasteiger partial charge is 0.0604 e. The van der Waals surface area contributed by atoms with Crippen molar-refractivity contribution >= 4 is 21.6 Å². The lowest BCUT2D eigenvalue weighted by atomic mass is 10.3. The number of pyridine rings is 1. The highest BCUT2D eigenvalue weighted by Gasteiger charge is 1.98. The van der Waals surface area contributed by atoms with Crippen molar-refractivity contribution in [2.45, 2.75) is 13.3 Å².